The van der Waals surface area contributed by atoms with Gasteiger partial charge in [0.2, 0.25) is 0 Å². The highest BCUT2D eigenvalue weighted by molar-refractivity contribution is 7.93. The normalized spacial score (nSPS) is 10.9. The van der Waals surface area contributed by atoms with Crippen molar-refractivity contribution >= 4 is 26.5 Å². The minimum Gasteiger partial charge on any atom is -0.384 e. The van der Waals surface area contributed by atoms with Crippen molar-refractivity contribution in [3.63, 3.8) is 0 Å². The maximum Gasteiger partial charge on any atom is 0.267 e. The number of nitrogens with one attached hydrogen (secondary N) is 2. The second-order valence-electron chi connectivity index (χ2n) is 3.86. The summed E-state index contributed by atoms with van der Waals surface area (Å²) in [7, 11) is -3.73. The lowest BCUT2D eigenvalue weighted by Crippen LogP contribution is -2.14. The Bertz CT molecular complexity index is 761. The Kier molecular flexibility index (Phi) is 4.08. The average molecular weight is 312 g/mol. The highest BCUT2D eigenvalue weighted by Crippen LogP contribution is 2.23. The van der Waals surface area contributed by atoms with Crippen molar-refractivity contribution in [1.82, 2.24) is 15.2 Å². The number of nitrogens with zero attached hydrogens (tertiary/aromatic N) is 2. The van der Waals surface area contributed by atoms with Gasteiger partial charge in [-0.2, -0.15) is 5.10 Å². The number of aliphatic hydroxyl groups is 1. The molecule has 3 N–H and O–H groups in total. The molecular formula is C11H12N4O3S2. The summed E-state index contributed by atoms with van der Waals surface area (Å²) in [4.78, 5) is 4.63. The van der Waals surface area contributed by atoms with Crippen LogP contribution in [-0.2, 0) is 10.0 Å². The first-order valence-electron chi connectivity index (χ1n) is 5.54. The number of anilines is 1. The molecule has 0 aliphatic carbocycles. The van der Waals surface area contributed by atoms with Crippen LogP contribution in [0.4, 0.5) is 5.13 Å². The van der Waals surface area contributed by atoms with Crippen LogP contribution in [0.1, 0.15) is 16.3 Å². The number of aliphatic hydroxyl groups excluding tert-OH is 1. The molecule has 2 aromatic heterocycles. The first-order chi connectivity index (χ1) is 9.44. The van der Waals surface area contributed by atoms with E-state index < -0.39 is 10.0 Å². The zero-order valence-corrected chi connectivity index (χ0v) is 12.4. The number of hydrogen-bond acceptors (Lipinski definition) is 6. The van der Waals surface area contributed by atoms with Crippen LogP contribution in [0, 0.1) is 25.7 Å². The Balaban J connectivity index is 2.27. The molecule has 106 valence electrons. The van der Waals surface area contributed by atoms with Crippen molar-refractivity contribution in [3.8, 4) is 11.8 Å². The SMILES string of the molecule is Cc1n[nH]c(C)c1S(=O)(=O)Nc1ncc(C#CCO)s1. The Morgan fingerprint density at radius 2 is 2.25 bits per heavy atom. The van der Waals surface area contributed by atoms with Gasteiger partial charge in [0.1, 0.15) is 11.5 Å². The van der Waals surface area contributed by atoms with E-state index in [1.54, 1.807) is 13.8 Å². The Morgan fingerprint density at radius 1 is 1.50 bits per heavy atom. The molecule has 0 amide bonds. The third-order valence-corrected chi connectivity index (χ3v) is 4.91. The quantitative estimate of drug-likeness (QED) is 0.720. The van der Waals surface area contributed by atoms with Crippen molar-refractivity contribution in [3.05, 3.63) is 22.5 Å². The number of rotatable bonds is 3. The number of aromatic nitrogens is 3. The first kappa shape index (κ1) is 14.5. The van der Waals surface area contributed by atoms with E-state index in [-0.39, 0.29) is 16.6 Å². The van der Waals surface area contributed by atoms with Crippen LogP contribution in [0.2, 0.25) is 0 Å². The van der Waals surface area contributed by atoms with Gasteiger partial charge in [-0.15, -0.1) is 0 Å². The zero-order valence-electron chi connectivity index (χ0n) is 10.8. The highest BCUT2D eigenvalue weighted by Gasteiger charge is 2.23. The van der Waals surface area contributed by atoms with Crippen LogP contribution in [0.3, 0.4) is 0 Å². The van der Waals surface area contributed by atoms with E-state index in [2.05, 4.69) is 31.7 Å². The molecule has 0 fully saturated rings. The van der Waals surface area contributed by atoms with E-state index in [4.69, 9.17) is 5.11 Å². The summed E-state index contributed by atoms with van der Waals surface area (Å²) in [5, 5.41) is 15.3. The monoisotopic (exact) mass is 312 g/mol. The molecule has 0 spiro atoms. The van der Waals surface area contributed by atoms with Crippen molar-refractivity contribution in [2.24, 2.45) is 0 Å². The van der Waals surface area contributed by atoms with Gasteiger partial charge < -0.3 is 5.11 Å². The van der Waals surface area contributed by atoms with Crippen molar-refractivity contribution < 1.29 is 13.5 Å². The largest absolute Gasteiger partial charge is 0.384 e. The predicted octanol–water partition coefficient (Wildman–Crippen LogP) is 0.628. The Hall–Kier alpha value is -1.89. The summed E-state index contributed by atoms with van der Waals surface area (Å²) in [5.41, 5.74) is 0.860. The maximum atomic E-state index is 12.2. The minimum absolute atomic E-state index is 0.121. The van der Waals surface area contributed by atoms with Gasteiger partial charge in [0.25, 0.3) is 10.0 Å². The molecular weight excluding hydrogens is 300 g/mol. The van der Waals surface area contributed by atoms with Crippen molar-refractivity contribution in [2.45, 2.75) is 18.7 Å². The summed E-state index contributed by atoms with van der Waals surface area (Å²) >= 11 is 1.09. The molecule has 0 saturated heterocycles. The van der Waals surface area contributed by atoms with E-state index in [9.17, 15) is 8.42 Å². The van der Waals surface area contributed by atoms with Crippen LogP contribution >= 0.6 is 11.3 Å². The van der Waals surface area contributed by atoms with Gasteiger partial charge in [-0.05, 0) is 13.8 Å². The molecule has 0 radical (unpaired) electrons. The summed E-state index contributed by atoms with van der Waals surface area (Å²) < 4.78 is 26.9. The molecule has 2 rings (SSSR count). The fourth-order valence-corrected chi connectivity index (χ4v) is 3.91. The van der Waals surface area contributed by atoms with Gasteiger partial charge in [-0.3, -0.25) is 9.82 Å². The van der Waals surface area contributed by atoms with Crippen molar-refractivity contribution in [2.75, 3.05) is 11.3 Å². The Morgan fingerprint density at radius 3 is 2.85 bits per heavy atom. The fourth-order valence-electron chi connectivity index (χ4n) is 1.61. The van der Waals surface area contributed by atoms with E-state index >= 15 is 0 Å². The van der Waals surface area contributed by atoms with Crippen LogP contribution in [0.15, 0.2) is 11.1 Å². The predicted molar refractivity (Wildman–Crippen MR) is 74.9 cm³/mol. The summed E-state index contributed by atoms with van der Waals surface area (Å²) in [6.45, 7) is 2.99. The maximum absolute atomic E-state index is 12.2. The number of hydrogen-bond donors (Lipinski definition) is 3. The minimum atomic E-state index is -3.73. The van der Waals surface area contributed by atoms with Crippen molar-refractivity contribution in [1.29, 1.82) is 0 Å². The number of aryl methyl sites for hydroxylation is 2. The molecule has 7 nitrogen and oxygen atoms in total. The molecule has 0 aliphatic heterocycles. The molecule has 0 bridgehead atoms. The van der Waals surface area contributed by atoms with E-state index in [0.717, 1.165) is 11.3 Å². The molecule has 20 heavy (non-hydrogen) atoms. The molecule has 0 atom stereocenters. The standard InChI is InChI=1S/C11H12N4O3S2/c1-7-10(8(2)14-13-7)20(17,18)15-11-12-6-9(19-11)4-3-5-16/h6,16H,5H2,1-2H3,(H,12,15)(H,13,14). The van der Waals surface area contributed by atoms with Gasteiger partial charge in [0.05, 0.1) is 22.5 Å². The number of sulfonamides is 1. The summed E-state index contributed by atoms with van der Waals surface area (Å²) in [6, 6.07) is 0. The smallest absolute Gasteiger partial charge is 0.267 e. The second-order valence-corrected chi connectivity index (χ2v) is 6.51. The number of aromatic amines is 1. The third-order valence-electron chi connectivity index (χ3n) is 2.35. The molecule has 0 aromatic carbocycles. The molecule has 2 aromatic rings. The summed E-state index contributed by atoms with van der Waals surface area (Å²) in [6.07, 6.45) is 1.44. The van der Waals surface area contributed by atoms with Crippen LogP contribution in [0.5, 0.6) is 0 Å². The van der Waals surface area contributed by atoms with Gasteiger partial charge in [-0.1, -0.05) is 23.2 Å². The Labute approximate surface area is 120 Å². The van der Waals surface area contributed by atoms with Gasteiger partial charge in [0, 0.05) is 0 Å². The number of thiazole rings is 1. The first-order valence-corrected chi connectivity index (χ1v) is 7.84. The average Bonchev–Trinajstić information content (AvgIpc) is 2.93. The van der Waals surface area contributed by atoms with E-state index in [1.165, 1.54) is 6.20 Å². The molecule has 9 heteroatoms. The lowest BCUT2D eigenvalue weighted by molar-refractivity contribution is 0.350. The van der Waals surface area contributed by atoms with Gasteiger partial charge in [-0.25, -0.2) is 13.4 Å². The molecule has 0 saturated carbocycles. The topological polar surface area (TPSA) is 108 Å². The van der Waals surface area contributed by atoms with Crippen LogP contribution in [0.25, 0.3) is 0 Å². The molecule has 0 aliphatic rings. The summed E-state index contributed by atoms with van der Waals surface area (Å²) in [5.74, 6) is 5.13. The van der Waals surface area contributed by atoms with Gasteiger partial charge in [0.15, 0.2) is 5.13 Å². The molecule has 0 unspecified atom stereocenters. The fraction of sp³-hybridized carbons (Fsp3) is 0.273. The second kappa shape index (κ2) is 5.62. The third kappa shape index (κ3) is 2.98. The van der Waals surface area contributed by atoms with Gasteiger partial charge >= 0.3 is 0 Å². The number of H-pyrrole nitrogens is 1. The lowest BCUT2D eigenvalue weighted by Gasteiger charge is -2.04. The zero-order chi connectivity index (χ0) is 14.8. The lowest BCUT2D eigenvalue weighted by atomic mass is 10.4. The van der Waals surface area contributed by atoms with Crippen LogP contribution in [-0.4, -0.2) is 35.3 Å². The highest BCUT2D eigenvalue weighted by atomic mass is 32.2. The molecule has 2 heterocycles. The van der Waals surface area contributed by atoms with E-state index in [0.29, 0.717) is 16.3 Å². The van der Waals surface area contributed by atoms with E-state index in [1.807, 2.05) is 0 Å². The van der Waals surface area contributed by atoms with Crippen LogP contribution < -0.4 is 4.72 Å².